The van der Waals surface area contributed by atoms with Crippen LogP contribution in [0.5, 0.6) is 0 Å². The number of nitrogens with zero attached hydrogens (tertiary/aromatic N) is 1. The molecule has 0 aliphatic rings. The number of hydrogen-bond donors (Lipinski definition) is 1. The van der Waals surface area contributed by atoms with Crippen LogP contribution in [-0.4, -0.2) is 36.2 Å². The third-order valence-corrected chi connectivity index (χ3v) is 4.13. The molecule has 0 bridgehead atoms. The van der Waals surface area contributed by atoms with Gasteiger partial charge in [-0.05, 0) is 38.1 Å². The molecule has 30 heavy (non-hydrogen) atoms. The van der Waals surface area contributed by atoms with Crippen molar-refractivity contribution in [1.82, 2.24) is 5.16 Å². The fourth-order valence-corrected chi connectivity index (χ4v) is 2.71. The van der Waals surface area contributed by atoms with E-state index in [2.05, 4.69) is 10.5 Å². The Labute approximate surface area is 172 Å². The molecule has 2 aromatic carbocycles. The summed E-state index contributed by atoms with van der Waals surface area (Å²) in [6, 6.07) is 15.2. The predicted octanol–water partition coefficient (Wildman–Crippen LogP) is 3.62. The number of hydrogen-bond acceptors (Lipinski definition) is 7. The van der Waals surface area contributed by atoms with E-state index in [-0.39, 0.29) is 12.2 Å². The van der Waals surface area contributed by atoms with E-state index in [1.165, 1.54) is 12.1 Å². The maximum atomic E-state index is 12.5. The summed E-state index contributed by atoms with van der Waals surface area (Å²) in [4.78, 5) is 36.3. The van der Waals surface area contributed by atoms with E-state index in [1.807, 2.05) is 18.2 Å². The van der Waals surface area contributed by atoms with Crippen molar-refractivity contribution in [3.05, 3.63) is 71.5 Å². The smallest absolute Gasteiger partial charge is 0.344 e. The number of amides is 1. The third-order valence-electron chi connectivity index (χ3n) is 4.13. The summed E-state index contributed by atoms with van der Waals surface area (Å²) < 4.78 is 15.2. The van der Waals surface area contributed by atoms with Crippen LogP contribution < -0.4 is 5.32 Å². The van der Waals surface area contributed by atoms with Gasteiger partial charge in [0.05, 0.1) is 12.2 Å². The molecule has 0 unspecified atom stereocenters. The van der Waals surface area contributed by atoms with Gasteiger partial charge in [0.25, 0.3) is 5.91 Å². The second kappa shape index (κ2) is 9.51. The molecule has 0 atom stereocenters. The molecule has 1 amide bonds. The van der Waals surface area contributed by atoms with Gasteiger partial charge in [0.2, 0.25) is 0 Å². The highest BCUT2D eigenvalue weighted by Gasteiger charge is 2.23. The van der Waals surface area contributed by atoms with Crippen LogP contribution in [0.1, 0.15) is 33.4 Å². The molecule has 0 spiro atoms. The number of aryl methyl sites for hydroxylation is 1. The highest BCUT2D eigenvalue weighted by Crippen LogP contribution is 2.25. The average molecular weight is 408 g/mol. The monoisotopic (exact) mass is 408 g/mol. The molecule has 0 radical (unpaired) electrons. The molecule has 1 aromatic heterocycles. The normalized spacial score (nSPS) is 10.3. The maximum Gasteiger partial charge on any atom is 0.344 e. The number of nitrogens with one attached hydrogen (secondary N) is 1. The molecular weight excluding hydrogens is 388 g/mol. The van der Waals surface area contributed by atoms with Crippen molar-refractivity contribution < 1.29 is 28.4 Å². The van der Waals surface area contributed by atoms with Crippen LogP contribution in [0.2, 0.25) is 0 Å². The number of benzene rings is 2. The van der Waals surface area contributed by atoms with Crippen molar-refractivity contribution in [3.8, 4) is 11.3 Å². The minimum Gasteiger partial charge on any atom is -0.462 e. The highest BCUT2D eigenvalue weighted by molar-refractivity contribution is 5.99. The topological polar surface area (TPSA) is 108 Å². The van der Waals surface area contributed by atoms with Crippen LogP contribution in [-0.2, 0) is 14.3 Å². The lowest BCUT2D eigenvalue weighted by Crippen LogP contribution is -2.21. The standard InChI is InChI=1S/C22H20N2O6/c1-3-28-21(26)16-9-11-17(12-10-16)23-18(25)13-29-22(27)19-14(2)30-24-20(19)15-7-5-4-6-8-15/h4-12H,3,13H2,1-2H3,(H,23,25). The number of ether oxygens (including phenoxy) is 2. The van der Waals surface area contributed by atoms with Crippen LogP contribution in [0.25, 0.3) is 11.3 Å². The zero-order chi connectivity index (χ0) is 21.5. The van der Waals surface area contributed by atoms with Gasteiger partial charge in [-0.2, -0.15) is 0 Å². The molecule has 3 rings (SSSR count). The van der Waals surface area contributed by atoms with E-state index in [4.69, 9.17) is 14.0 Å². The van der Waals surface area contributed by atoms with Gasteiger partial charge in [0, 0.05) is 11.3 Å². The van der Waals surface area contributed by atoms with E-state index >= 15 is 0 Å². The molecule has 0 saturated carbocycles. The van der Waals surface area contributed by atoms with Crippen molar-refractivity contribution in [2.75, 3.05) is 18.5 Å². The molecule has 3 aromatic rings. The summed E-state index contributed by atoms with van der Waals surface area (Å²) in [5.74, 6) is -1.38. The van der Waals surface area contributed by atoms with Crippen LogP contribution in [0.15, 0.2) is 59.1 Å². The molecule has 1 heterocycles. The Morgan fingerprint density at radius 3 is 2.33 bits per heavy atom. The van der Waals surface area contributed by atoms with Gasteiger partial charge < -0.3 is 19.3 Å². The van der Waals surface area contributed by atoms with Crippen molar-refractivity contribution in [3.63, 3.8) is 0 Å². The number of aromatic nitrogens is 1. The lowest BCUT2D eigenvalue weighted by molar-refractivity contribution is -0.119. The Morgan fingerprint density at radius 1 is 0.967 bits per heavy atom. The van der Waals surface area contributed by atoms with Gasteiger partial charge in [0.15, 0.2) is 6.61 Å². The number of esters is 2. The Kier molecular flexibility index (Phi) is 6.59. The van der Waals surface area contributed by atoms with E-state index in [9.17, 15) is 14.4 Å². The second-order valence-corrected chi connectivity index (χ2v) is 6.25. The molecule has 0 aliphatic carbocycles. The first-order valence-electron chi connectivity index (χ1n) is 9.25. The van der Waals surface area contributed by atoms with Crippen LogP contribution in [0.4, 0.5) is 5.69 Å². The van der Waals surface area contributed by atoms with Crippen molar-refractivity contribution in [1.29, 1.82) is 0 Å². The molecular formula is C22H20N2O6. The Hall–Kier alpha value is -3.94. The molecule has 0 fully saturated rings. The van der Waals surface area contributed by atoms with Crippen LogP contribution in [0.3, 0.4) is 0 Å². The van der Waals surface area contributed by atoms with Crippen molar-refractivity contribution >= 4 is 23.5 Å². The van der Waals surface area contributed by atoms with E-state index < -0.39 is 24.5 Å². The molecule has 8 nitrogen and oxygen atoms in total. The highest BCUT2D eigenvalue weighted by atomic mass is 16.5. The van der Waals surface area contributed by atoms with E-state index in [0.717, 1.165) is 0 Å². The van der Waals surface area contributed by atoms with Crippen molar-refractivity contribution in [2.45, 2.75) is 13.8 Å². The van der Waals surface area contributed by atoms with Gasteiger partial charge in [0.1, 0.15) is 17.0 Å². The summed E-state index contributed by atoms with van der Waals surface area (Å²) in [5, 5.41) is 6.52. The van der Waals surface area contributed by atoms with Gasteiger partial charge in [-0.1, -0.05) is 35.5 Å². The predicted molar refractivity (Wildman–Crippen MR) is 108 cm³/mol. The summed E-state index contributed by atoms with van der Waals surface area (Å²) in [7, 11) is 0. The summed E-state index contributed by atoms with van der Waals surface area (Å²) in [6.07, 6.45) is 0. The molecule has 154 valence electrons. The quantitative estimate of drug-likeness (QED) is 0.595. The van der Waals surface area contributed by atoms with Gasteiger partial charge in [-0.3, -0.25) is 4.79 Å². The number of carbonyl (C=O) groups excluding carboxylic acids is 3. The molecule has 0 aliphatic heterocycles. The lowest BCUT2D eigenvalue weighted by Gasteiger charge is -2.08. The third kappa shape index (κ3) is 4.91. The van der Waals surface area contributed by atoms with Gasteiger partial charge in [-0.15, -0.1) is 0 Å². The first-order chi connectivity index (χ1) is 14.5. The molecule has 1 N–H and O–H groups in total. The summed E-state index contributed by atoms with van der Waals surface area (Å²) in [6.45, 7) is 3.11. The largest absolute Gasteiger partial charge is 0.462 e. The van der Waals surface area contributed by atoms with Gasteiger partial charge in [-0.25, -0.2) is 9.59 Å². The fourth-order valence-electron chi connectivity index (χ4n) is 2.71. The van der Waals surface area contributed by atoms with E-state index in [0.29, 0.717) is 28.3 Å². The minimum absolute atomic E-state index is 0.174. The number of carbonyl (C=O) groups is 3. The average Bonchev–Trinajstić information content (AvgIpc) is 3.15. The fraction of sp³-hybridized carbons (Fsp3) is 0.182. The Bertz CT molecular complexity index is 1040. The number of anilines is 1. The lowest BCUT2D eigenvalue weighted by atomic mass is 10.1. The van der Waals surface area contributed by atoms with Gasteiger partial charge >= 0.3 is 11.9 Å². The summed E-state index contributed by atoms with van der Waals surface area (Å²) >= 11 is 0. The van der Waals surface area contributed by atoms with Crippen LogP contribution >= 0.6 is 0 Å². The molecule has 8 heteroatoms. The molecule has 0 saturated heterocycles. The minimum atomic E-state index is -0.708. The number of rotatable bonds is 7. The zero-order valence-electron chi connectivity index (χ0n) is 16.5. The van der Waals surface area contributed by atoms with Crippen molar-refractivity contribution in [2.24, 2.45) is 0 Å². The SMILES string of the molecule is CCOC(=O)c1ccc(NC(=O)COC(=O)c2c(-c3ccccc3)noc2C)cc1. The van der Waals surface area contributed by atoms with E-state index in [1.54, 1.807) is 38.1 Å². The maximum absolute atomic E-state index is 12.5. The summed E-state index contributed by atoms with van der Waals surface area (Å²) in [5.41, 5.74) is 2.06. The van der Waals surface area contributed by atoms with Crippen LogP contribution in [0, 0.1) is 6.92 Å². The second-order valence-electron chi connectivity index (χ2n) is 6.25. The first kappa shape index (κ1) is 20.8. The Morgan fingerprint density at radius 2 is 1.67 bits per heavy atom. The zero-order valence-corrected chi connectivity index (χ0v) is 16.5. The first-order valence-corrected chi connectivity index (χ1v) is 9.25. The Balaban J connectivity index is 1.60.